The highest BCUT2D eigenvalue weighted by atomic mass is 16.1. The second kappa shape index (κ2) is 9.46. The van der Waals surface area contributed by atoms with Gasteiger partial charge in [0.25, 0.3) is 0 Å². The molecule has 0 atom stereocenters. The van der Waals surface area contributed by atoms with Crippen molar-refractivity contribution in [1.29, 1.82) is 0 Å². The summed E-state index contributed by atoms with van der Waals surface area (Å²) in [7, 11) is 0. The molecule has 4 nitrogen and oxygen atoms in total. The Bertz CT molecular complexity index is 327. The van der Waals surface area contributed by atoms with Gasteiger partial charge in [-0.1, -0.05) is 12.2 Å². The minimum Gasteiger partial charge on any atom is -0.211 e. The number of hydrogen-bond acceptors (Lipinski definition) is 4. The van der Waals surface area contributed by atoms with Gasteiger partial charge in [0.15, 0.2) is 0 Å². The molecule has 0 saturated heterocycles. The van der Waals surface area contributed by atoms with Gasteiger partial charge >= 0.3 is 0 Å². The molecule has 0 aliphatic heterocycles. The summed E-state index contributed by atoms with van der Waals surface area (Å²) < 4.78 is 0. The van der Waals surface area contributed by atoms with E-state index in [0.717, 1.165) is 25.7 Å². The van der Waals surface area contributed by atoms with Crippen LogP contribution in [0.25, 0.3) is 0 Å². The maximum absolute atomic E-state index is 10.2. The molecule has 0 fully saturated rings. The molecule has 0 spiro atoms. The van der Waals surface area contributed by atoms with Crippen LogP contribution in [0.15, 0.2) is 35.3 Å². The molecule has 0 N–H and O–H groups in total. The van der Waals surface area contributed by atoms with Crippen molar-refractivity contribution >= 4 is 12.2 Å². The molecule has 0 rings (SSSR count). The zero-order valence-electron chi connectivity index (χ0n) is 10.0. The van der Waals surface area contributed by atoms with Crippen molar-refractivity contribution in [2.24, 2.45) is 15.4 Å². The Morgan fingerprint density at radius 3 is 2.12 bits per heavy atom. The number of carbonyl (C=O) groups excluding carboxylic acids is 2. The molecule has 0 aromatic carbocycles. The van der Waals surface area contributed by atoms with Crippen LogP contribution in [-0.2, 0) is 9.59 Å². The third-order valence-corrected chi connectivity index (χ3v) is 2.68. The molecule has 4 heteroatoms. The molecule has 0 aliphatic carbocycles. The minimum absolute atomic E-state index is 0.153. The van der Waals surface area contributed by atoms with Crippen molar-refractivity contribution in [1.82, 2.24) is 0 Å². The fourth-order valence-corrected chi connectivity index (χ4v) is 1.89. The van der Waals surface area contributed by atoms with Gasteiger partial charge in [0.05, 0.1) is 13.1 Å². The minimum atomic E-state index is -0.153. The number of aliphatic imine (C=N–C) groups is 2. The second-order valence-electron chi connectivity index (χ2n) is 3.97. The molecule has 0 heterocycles. The number of isocyanates is 2. The lowest BCUT2D eigenvalue weighted by molar-refractivity contribution is 0.275. The molecule has 17 heavy (non-hydrogen) atoms. The Balaban J connectivity index is 4.61. The summed E-state index contributed by atoms with van der Waals surface area (Å²) in [6, 6.07) is 0. The molecule has 0 aromatic rings. The molecular weight excluding hydrogens is 216 g/mol. The normalized spacial score (nSPS) is 9.88. The van der Waals surface area contributed by atoms with Gasteiger partial charge in [0, 0.05) is 0 Å². The summed E-state index contributed by atoms with van der Waals surface area (Å²) in [4.78, 5) is 27.4. The van der Waals surface area contributed by atoms with E-state index in [9.17, 15) is 9.59 Å². The molecule has 0 bridgehead atoms. The Kier molecular flexibility index (Phi) is 8.48. The lowest BCUT2D eigenvalue weighted by atomic mass is 9.77. The second-order valence-corrected chi connectivity index (χ2v) is 3.97. The van der Waals surface area contributed by atoms with E-state index < -0.39 is 0 Å². The first-order valence-electron chi connectivity index (χ1n) is 5.54. The monoisotopic (exact) mass is 234 g/mol. The largest absolute Gasteiger partial charge is 0.234 e. The predicted octanol–water partition coefficient (Wildman–Crippen LogP) is 2.58. The van der Waals surface area contributed by atoms with Gasteiger partial charge in [-0.05, 0) is 31.1 Å². The highest BCUT2D eigenvalue weighted by Crippen LogP contribution is 2.33. The van der Waals surface area contributed by atoms with Crippen LogP contribution in [0.2, 0.25) is 0 Å². The van der Waals surface area contributed by atoms with E-state index in [1.165, 1.54) is 6.08 Å². The van der Waals surface area contributed by atoms with Gasteiger partial charge in [-0.2, -0.15) is 0 Å². The smallest absolute Gasteiger partial charge is 0.211 e. The van der Waals surface area contributed by atoms with Crippen LogP contribution in [0, 0.1) is 5.41 Å². The molecule has 92 valence electrons. The Labute approximate surface area is 102 Å². The standard InChI is InChI=1S/C13H18N2O2/c1-3-6-13(7-4-2,10-15-12-17)8-5-9-14-11-16/h3-4H,1-2,5-10H2. The average Bonchev–Trinajstić information content (AvgIpc) is 2.33. The first-order chi connectivity index (χ1) is 8.24. The number of nitrogens with zero attached hydrogens (tertiary/aromatic N) is 2. The Morgan fingerprint density at radius 2 is 1.65 bits per heavy atom. The van der Waals surface area contributed by atoms with Gasteiger partial charge < -0.3 is 0 Å². The van der Waals surface area contributed by atoms with E-state index in [4.69, 9.17) is 0 Å². The molecule has 0 unspecified atom stereocenters. The third kappa shape index (κ3) is 6.41. The van der Waals surface area contributed by atoms with Gasteiger partial charge in [-0.3, -0.25) is 0 Å². The zero-order valence-corrected chi connectivity index (χ0v) is 10.0. The summed E-state index contributed by atoms with van der Waals surface area (Å²) in [6.45, 7) is 8.29. The van der Waals surface area contributed by atoms with Gasteiger partial charge in [-0.25, -0.2) is 19.6 Å². The lowest BCUT2D eigenvalue weighted by Gasteiger charge is -2.29. The van der Waals surface area contributed by atoms with E-state index >= 15 is 0 Å². The fourth-order valence-electron chi connectivity index (χ4n) is 1.89. The SMILES string of the molecule is C=CCC(CC=C)(CCCN=C=O)CN=C=O. The number of allylic oxidation sites excluding steroid dienone is 2. The average molecular weight is 234 g/mol. The maximum Gasteiger partial charge on any atom is 0.234 e. The van der Waals surface area contributed by atoms with E-state index in [0.29, 0.717) is 13.1 Å². The van der Waals surface area contributed by atoms with Gasteiger partial charge in [0.2, 0.25) is 12.2 Å². The Morgan fingerprint density at radius 1 is 1.06 bits per heavy atom. The third-order valence-electron chi connectivity index (χ3n) is 2.68. The van der Waals surface area contributed by atoms with Crippen molar-refractivity contribution in [2.75, 3.05) is 13.1 Å². The van der Waals surface area contributed by atoms with E-state index in [2.05, 4.69) is 23.1 Å². The summed E-state index contributed by atoms with van der Waals surface area (Å²) in [5.74, 6) is 0. The van der Waals surface area contributed by atoms with Crippen molar-refractivity contribution < 1.29 is 9.59 Å². The topological polar surface area (TPSA) is 58.9 Å². The summed E-state index contributed by atoms with van der Waals surface area (Å²) >= 11 is 0. The molecule has 0 radical (unpaired) electrons. The first kappa shape index (κ1) is 15.2. The Hall–Kier alpha value is -1.76. The molecule has 0 aromatic heterocycles. The van der Waals surface area contributed by atoms with E-state index in [1.54, 1.807) is 6.08 Å². The molecular formula is C13H18N2O2. The van der Waals surface area contributed by atoms with E-state index in [1.807, 2.05) is 12.2 Å². The summed E-state index contributed by atoms with van der Waals surface area (Å²) in [5, 5.41) is 0. The van der Waals surface area contributed by atoms with Crippen LogP contribution in [0.3, 0.4) is 0 Å². The van der Waals surface area contributed by atoms with Crippen LogP contribution >= 0.6 is 0 Å². The number of rotatable bonds is 10. The number of hydrogen-bond donors (Lipinski definition) is 0. The quantitative estimate of drug-likeness (QED) is 0.252. The van der Waals surface area contributed by atoms with Gasteiger partial charge in [-0.15, -0.1) is 13.2 Å². The van der Waals surface area contributed by atoms with Crippen molar-refractivity contribution in [2.45, 2.75) is 25.7 Å². The fraction of sp³-hybridized carbons (Fsp3) is 0.538. The van der Waals surface area contributed by atoms with Crippen LogP contribution in [0.1, 0.15) is 25.7 Å². The van der Waals surface area contributed by atoms with Crippen LogP contribution < -0.4 is 0 Å². The highest BCUT2D eigenvalue weighted by molar-refractivity contribution is 5.33. The summed E-state index contributed by atoms with van der Waals surface area (Å²) in [5.41, 5.74) is -0.153. The van der Waals surface area contributed by atoms with Gasteiger partial charge in [0.1, 0.15) is 0 Å². The predicted molar refractivity (Wildman–Crippen MR) is 67.3 cm³/mol. The van der Waals surface area contributed by atoms with Crippen LogP contribution in [0.4, 0.5) is 0 Å². The van der Waals surface area contributed by atoms with Crippen molar-refractivity contribution in [3.05, 3.63) is 25.3 Å². The highest BCUT2D eigenvalue weighted by Gasteiger charge is 2.26. The van der Waals surface area contributed by atoms with Crippen LogP contribution in [-0.4, -0.2) is 25.2 Å². The molecule has 0 amide bonds. The van der Waals surface area contributed by atoms with Crippen molar-refractivity contribution in [3.63, 3.8) is 0 Å². The molecule has 0 aliphatic rings. The first-order valence-corrected chi connectivity index (χ1v) is 5.54. The molecule has 0 saturated carbocycles. The van der Waals surface area contributed by atoms with Crippen molar-refractivity contribution in [3.8, 4) is 0 Å². The zero-order chi connectivity index (χ0) is 13.0. The van der Waals surface area contributed by atoms with Crippen LogP contribution in [0.5, 0.6) is 0 Å². The lowest BCUT2D eigenvalue weighted by Crippen LogP contribution is -2.23. The van der Waals surface area contributed by atoms with E-state index in [-0.39, 0.29) is 5.41 Å². The maximum atomic E-state index is 10.2. The summed E-state index contributed by atoms with van der Waals surface area (Å²) in [6.07, 6.45) is 9.75.